The summed E-state index contributed by atoms with van der Waals surface area (Å²) in [5.41, 5.74) is 1.22. The summed E-state index contributed by atoms with van der Waals surface area (Å²) in [6.45, 7) is 18.5. The molecule has 0 radical (unpaired) electrons. The Morgan fingerprint density at radius 3 is 1.21 bits per heavy atom. The van der Waals surface area contributed by atoms with Crippen molar-refractivity contribution in [3.05, 3.63) is 84.5 Å². The van der Waals surface area contributed by atoms with Crippen LogP contribution in [0.3, 0.4) is 0 Å². The van der Waals surface area contributed by atoms with Crippen LogP contribution in [0, 0.1) is 5.92 Å². The van der Waals surface area contributed by atoms with Crippen LogP contribution in [0.15, 0.2) is 73.3 Å². The van der Waals surface area contributed by atoms with E-state index in [2.05, 4.69) is 34.3 Å². The van der Waals surface area contributed by atoms with Gasteiger partial charge in [-0.05, 0) is 106 Å². The molecule has 14 nitrogen and oxygen atoms in total. The molecule has 0 bridgehead atoms. The van der Waals surface area contributed by atoms with Gasteiger partial charge in [0.15, 0.2) is 23.0 Å². The average Bonchev–Trinajstić information content (AvgIpc) is 3.43. The number of rotatable bonds is 43. The summed E-state index contributed by atoms with van der Waals surface area (Å²) < 4.78 is 59.7. The van der Waals surface area contributed by atoms with E-state index in [1.165, 1.54) is 12.2 Å². The van der Waals surface area contributed by atoms with E-state index in [0.717, 1.165) is 109 Å². The summed E-state index contributed by atoms with van der Waals surface area (Å²) in [6.07, 6.45) is 25.2. The van der Waals surface area contributed by atoms with E-state index in [1.807, 2.05) is 19.9 Å². The normalized spacial score (nSPS) is 11.5. The van der Waals surface area contributed by atoms with Crippen LogP contribution in [0.2, 0.25) is 0 Å². The maximum Gasteiger partial charge on any atom is 0.336 e. The second kappa shape index (κ2) is 39.9. The first kappa shape index (κ1) is 63.8. The van der Waals surface area contributed by atoms with Crippen LogP contribution in [0.1, 0.15) is 175 Å². The third-order valence-corrected chi connectivity index (χ3v) is 12.1. The molecule has 0 aliphatic rings. The van der Waals surface area contributed by atoms with Gasteiger partial charge in [0.1, 0.15) is 24.7 Å². The fourth-order valence-corrected chi connectivity index (χ4v) is 7.41. The molecule has 0 spiro atoms. The van der Waals surface area contributed by atoms with Crippen LogP contribution >= 0.6 is 0 Å². The number of hydrogen-bond acceptors (Lipinski definition) is 14. The van der Waals surface area contributed by atoms with Crippen LogP contribution in [-0.2, 0) is 28.7 Å². The van der Waals surface area contributed by atoms with Crippen molar-refractivity contribution in [1.29, 1.82) is 0 Å². The predicted octanol–water partition coefficient (Wildman–Crippen LogP) is 14.6. The molecular formula is C62H88O14. The molecule has 0 amide bonds. The molecule has 14 heteroatoms. The van der Waals surface area contributed by atoms with Crippen molar-refractivity contribution >= 4 is 36.0 Å². The number of benzene rings is 3. The van der Waals surface area contributed by atoms with Gasteiger partial charge in [-0.3, -0.25) is 4.79 Å². The third kappa shape index (κ3) is 25.9. The zero-order chi connectivity index (χ0) is 55.0. The quantitative estimate of drug-likeness (QED) is 0.0228. The zero-order valence-corrected chi connectivity index (χ0v) is 46.6. The van der Waals surface area contributed by atoms with Crippen LogP contribution in [0.4, 0.5) is 0 Å². The van der Waals surface area contributed by atoms with Gasteiger partial charge in [0.2, 0.25) is 11.5 Å². The van der Waals surface area contributed by atoms with Crippen LogP contribution in [0.25, 0.3) is 12.2 Å². The van der Waals surface area contributed by atoms with Gasteiger partial charge in [-0.25, -0.2) is 14.4 Å². The highest BCUT2D eigenvalue weighted by Gasteiger charge is 2.20. The minimum absolute atomic E-state index is 0.0849. The van der Waals surface area contributed by atoms with Gasteiger partial charge in [-0.1, -0.05) is 125 Å². The van der Waals surface area contributed by atoms with E-state index in [1.54, 1.807) is 54.6 Å². The van der Waals surface area contributed by atoms with E-state index in [-0.39, 0.29) is 43.2 Å². The second-order valence-electron chi connectivity index (χ2n) is 18.5. The Bertz CT molecular complexity index is 2200. The number of esters is 4. The standard InChI is InChI=1S/C62H88O14/c1-8-14-18-22-42-70-58-49(28-36-53(60(58)72-44-24-20-16-10-3)67-40-26-27-41-69-55(63)13-6)30-38-56(64)75-51-32-34-52(35-33-51)76-57(65)39-31-50-29-37-54(68-46-47-74-62(66)48(7)12-5)61(73-45-25-21-17-11-4)59(50)71-43-23-19-15-9-2/h13,28-39,48H,6,8-12,14-27,40-47H2,1-5,7H3. The van der Waals surface area contributed by atoms with Crippen molar-refractivity contribution in [2.24, 2.45) is 5.92 Å². The van der Waals surface area contributed by atoms with E-state index < -0.39 is 17.9 Å². The van der Waals surface area contributed by atoms with Crippen LogP contribution in [-0.4, -0.2) is 76.7 Å². The molecule has 0 saturated carbocycles. The lowest BCUT2D eigenvalue weighted by atomic mass is 10.1. The third-order valence-electron chi connectivity index (χ3n) is 12.1. The van der Waals surface area contributed by atoms with E-state index in [9.17, 15) is 19.2 Å². The molecule has 0 aliphatic heterocycles. The highest BCUT2D eigenvalue weighted by Crippen LogP contribution is 2.43. The molecule has 420 valence electrons. The van der Waals surface area contributed by atoms with E-state index >= 15 is 0 Å². The van der Waals surface area contributed by atoms with Gasteiger partial charge >= 0.3 is 23.9 Å². The van der Waals surface area contributed by atoms with Crippen molar-refractivity contribution in [2.45, 2.75) is 164 Å². The minimum atomic E-state index is -0.636. The highest BCUT2D eigenvalue weighted by atomic mass is 16.6. The second-order valence-corrected chi connectivity index (χ2v) is 18.5. The molecule has 3 aromatic rings. The van der Waals surface area contributed by atoms with E-state index in [0.29, 0.717) is 97.9 Å². The van der Waals surface area contributed by atoms with Gasteiger partial charge in [0.05, 0.1) is 45.6 Å². The van der Waals surface area contributed by atoms with Gasteiger partial charge in [0.25, 0.3) is 0 Å². The lowest BCUT2D eigenvalue weighted by Crippen LogP contribution is -2.18. The molecule has 0 aliphatic carbocycles. The molecule has 0 N–H and O–H groups in total. The fourth-order valence-electron chi connectivity index (χ4n) is 7.41. The Labute approximate surface area is 453 Å². The summed E-state index contributed by atoms with van der Waals surface area (Å²) in [4.78, 5) is 50.2. The van der Waals surface area contributed by atoms with Crippen molar-refractivity contribution < 1.29 is 66.5 Å². The maximum absolute atomic E-state index is 13.3. The van der Waals surface area contributed by atoms with Gasteiger partial charge < -0.3 is 47.4 Å². The molecular weight excluding hydrogens is 969 g/mol. The van der Waals surface area contributed by atoms with Crippen molar-refractivity contribution in [1.82, 2.24) is 0 Å². The summed E-state index contributed by atoms with van der Waals surface area (Å²) in [5.74, 6) is 1.08. The van der Waals surface area contributed by atoms with Crippen LogP contribution < -0.4 is 37.9 Å². The lowest BCUT2D eigenvalue weighted by molar-refractivity contribution is -0.148. The Balaban J connectivity index is 1.78. The van der Waals surface area contributed by atoms with Gasteiger partial charge in [0, 0.05) is 29.4 Å². The summed E-state index contributed by atoms with van der Waals surface area (Å²) in [7, 11) is 0. The molecule has 3 aromatic carbocycles. The molecule has 3 rings (SSSR count). The molecule has 0 aromatic heterocycles. The minimum Gasteiger partial charge on any atom is -0.490 e. The van der Waals surface area contributed by atoms with Crippen molar-refractivity contribution in [2.75, 3.05) is 52.9 Å². The molecule has 0 fully saturated rings. The summed E-state index contributed by atoms with van der Waals surface area (Å²) in [5, 5.41) is 0. The number of carbonyl (C=O) groups is 4. The predicted molar refractivity (Wildman–Crippen MR) is 299 cm³/mol. The molecule has 1 atom stereocenters. The van der Waals surface area contributed by atoms with Crippen molar-refractivity contribution in [3.63, 3.8) is 0 Å². The number of unbranched alkanes of at least 4 members (excludes halogenated alkanes) is 13. The molecule has 76 heavy (non-hydrogen) atoms. The number of carbonyl (C=O) groups excluding carboxylic acids is 4. The molecule has 0 saturated heterocycles. The fraction of sp³-hybridized carbons (Fsp3) is 0.548. The summed E-state index contributed by atoms with van der Waals surface area (Å²) in [6, 6.07) is 13.3. The molecule has 1 unspecified atom stereocenters. The first-order valence-electron chi connectivity index (χ1n) is 28.0. The monoisotopic (exact) mass is 1060 g/mol. The maximum atomic E-state index is 13.3. The Hall–Kier alpha value is -6.44. The van der Waals surface area contributed by atoms with Crippen molar-refractivity contribution in [3.8, 4) is 46.0 Å². The van der Waals surface area contributed by atoms with E-state index in [4.69, 9.17) is 47.4 Å². The first-order chi connectivity index (χ1) is 37.1. The Kier molecular flexibility index (Phi) is 33.5. The molecule has 0 heterocycles. The first-order valence-corrected chi connectivity index (χ1v) is 28.0. The average molecular weight is 1060 g/mol. The number of ether oxygens (including phenoxy) is 10. The lowest BCUT2D eigenvalue weighted by Gasteiger charge is -2.19. The van der Waals surface area contributed by atoms with Gasteiger partial charge in [-0.2, -0.15) is 0 Å². The zero-order valence-electron chi connectivity index (χ0n) is 46.6. The van der Waals surface area contributed by atoms with Gasteiger partial charge in [-0.15, -0.1) is 0 Å². The Morgan fingerprint density at radius 2 is 0.803 bits per heavy atom. The largest absolute Gasteiger partial charge is 0.490 e. The summed E-state index contributed by atoms with van der Waals surface area (Å²) >= 11 is 0. The Morgan fingerprint density at radius 1 is 0.421 bits per heavy atom. The topological polar surface area (TPSA) is 161 Å². The smallest absolute Gasteiger partial charge is 0.336 e. The van der Waals surface area contributed by atoms with Crippen LogP contribution in [0.5, 0.6) is 46.0 Å². The SMILES string of the molecule is C=CC(=O)OCCCCOc1ccc(C=CC(=O)Oc2ccc(OC(=O)C=Cc3ccc(OCCOC(=O)C(C)CC)c(OCCCCCC)c3OCCCCCC)cc2)c(OCCCCCC)c1OCCCCCC. The highest BCUT2D eigenvalue weighted by molar-refractivity contribution is 5.90. The number of hydrogen-bond donors (Lipinski definition) is 0.